The molecule has 2 bridgehead atoms. The molecule has 1 unspecified atom stereocenters. The van der Waals surface area contributed by atoms with Crippen LogP contribution in [0.4, 0.5) is 0 Å². The van der Waals surface area contributed by atoms with E-state index in [4.69, 9.17) is 10.5 Å². The fourth-order valence-corrected chi connectivity index (χ4v) is 4.26. The molecule has 4 nitrogen and oxygen atoms in total. The number of ether oxygens (including phenoxy) is 1. The largest absolute Gasteiger partial charge is 0.490 e. The summed E-state index contributed by atoms with van der Waals surface area (Å²) in [5.41, 5.74) is 7.19. The Bertz CT molecular complexity index is 715. The topological polar surface area (TPSA) is 55.6 Å². The van der Waals surface area contributed by atoms with E-state index in [2.05, 4.69) is 35.2 Å². The minimum absolute atomic E-state index is 0.254. The van der Waals surface area contributed by atoms with Gasteiger partial charge < -0.3 is 10.5 Å². The van der Waals surface area contributed by atoms with Crippen LogP contribution in [0.3, 0.4) is 0 Å². The molecule has 2 aliphatic heterocycles. The molecule has 4 heteroatoms. The van der Waals surface area contributed by atoms with E-state index in [9.17, 15) is 4.79 Å². The highest BCUT2D eigenvalue weighted by molar-refractivity contribution is 5.92. The summed E-state index contributed by atoms with van der Waals surface area (Å²) >= 11 is 0. The molecule has 1 amide bonds. The first-order valence-corrected chi connectivity index (χ1v) is 9.05. The van der Waals surface area contributed by atoms with Crippen LogP contribution in [-0.4, -0.2) is 29.0 Å². The second kappa shape index (κ2) is 6.89. The number of rotatable bonds is 5. The molecule has 2 N–H and O–H groups in total. The number of primary amides is 1. The van der Waals surface area contributed by atoms with E-state index in [-0.39, 0.29) is 6.10 Å². The lowest BCUT2D eigenvalue weighted by atomic mass is 9.98. The van der Waals surface area contributed by atoms with Crippen LogP contribution in [0, 0.1) is 0 Å². The van der Waals surface area contributed by atoms with Crippen molar-refractivity contribution in [1.29, 1.82) is 0 Å². The first-order chi connectivity index (χ1) is 12.2. The van der Waals surface area contributed by atoms with Gasteiger partial charge in [-0.2, -0.15) is 0 Å². The number of nitrogens with zero attached hydrogens (tertiary/aromatic N) is 1. The van der Waals surface area contributed by atoms with Crippen molar-refractivity contribution in [1.82, 2.24) is 4.90 Å². The first-order valence-electron chi connectivity index (χ1n) is 9.05. The number of benzene rings is 2. The van der Waals surface area contributed by atoms with Crippen molar-refractivity contribution in [3.05, 3.63) is 65.7 Å². The number of piperidine rings is 1. The smallest absolute Gasteiger partial charge is 0.248 e. The first kappa shape index (κ1) is 16.2. The summed E-state index contributed by atoms with van der Waals surface area (Å²) < 4.78 is 6.19. The number of carbonyl (C=O) groups is 1. The SMILES string of the molecule is NC(=O)c1ccc(OC2C[C@H]3CC[C@@H](C2)N3Cc2ccccc2)cc1. The molecule has 2 saturated heterocycles. The lowest BCUT2D eigenvalue weighted by molar-refractivity contribution is 0.0445. The summed E-state index contributed by atoms with van der Waals surface area (Å²) in [6.07, 6.45) is 4.92. The van der Waals surface area contributed by atoms with Crippen LogP contribution in [0.15, 0.2) is 54.6 Å². The molecule has 0 aliphatic carbocycles. The minimum atomic E-state index is -0.404. The van der Waals surface area contributed by atoms with Gasteiger partial charge in [0.25, 0.3) is 0 Å². The molecule has 130 valence electrons. The van der Waals surface area contributed by atoms with Gasteiger partial charge in [-0.3, -0.25) is 9.69 Å². The van der Waals surface area contributed by atoms with Gasteiger partial charge in [0.15, 0.2) is 0 Å². The third-order valence-electron chi connectivity index (χ3n) is 5.49. The molecule has 0 saturated carbocycles. The number of nitrogens with two attached hydrogens (primary N) is 1. The van der Waals surface area contributed by atoms with Gasteiger partial charge in [0.05, 0.1) is 0 Å². The monoisotopic (exact) mass is 336 g/mol. The standard InChI is InChI=1S/C21H24N2O2/c22-21(24)16-6-10-19(11-7-16)25-20-12-17-8-9-18(13-20)23(17)14-15-4-2-1-3-5-15/h1-7,10-11,17-18,20H,8-9,12-14H2,(H2,22,24)/t17-,18+,20?. The number of hydrogen-bond donors (Lipinski definition) is 1. The Morgan fingerprint density at radius 1 is 1.00 bits per heavy atom. The van der Waals surface area contributed by atoms with Crippen molar-refractivity contribution in [2.75, 3.05) is 0 Å². The van der Waals surface area contributed by atoms with Crippen LogP contribution in [0.1, 0.15) is 41.6 Å². The van der Waals surface area contributed by atoms with Crippen LogP contribution in [0.2, 0.25) is 0 Å². The summed E-state index contributed by atoms with van der Waals surface area (Å²) in [5, 5.41) is 0. The molecular formula is C21H24N2O2. The molecule has 3 atom stereocenters. The summed E-state index contributed by atoms with van der Waals surface area (Å²) in [4.78, 5) is 13.8. The van der Waals surface area contributed by atoms with E-state index in [1.165, 1.54) is 18.4 Å². The van der Waals surface area contributed by atoms with Gasteiger partial charge in [-0.05, 0) is 55.5 Å². The number of hydrogen-bond acceptors (Lipinski definition) is 3. The number of amides is 1. The molecular weight excluding hydrogens is 312 g/mol. The van der Waals surface area contributed by atoms with E-state index in [0.717, 1.165) is 25.1 Å². The van der Waals surface area contributed by atoms with Gasteiger partial charge in [0, 0.05) is 24.2 Å². The van der Waals surface area contributed by atoms with Crippen LogP contribution in [0.5, 0.6) is 5.75 Å². The van der Waals surface area contributed by atoms with E-state index >= 15 is 0 Å². The Hall–Kier alpha value is -2.33. The Balaban J connectivity index is 1.38. The Labute approximate surface area is 148 Å². The molecule has 4 rings (SSSR count). The fourth-order valence-electron chi connectivity index (χ4n) is 4.26. The predicted octanol–water partition coefficient (Wildman–Crippen LogP) is 3.36. The van der Waals surface area contributed by atoms with Gasteiger partial charge >= 0.3 is 0 Å². The molecule has 2 aliphatic rings. The molecule has 0 radical (unpaired) electrons. The highest BCUT2D eigenvalue weighted by Gasteiger charge is 2.41. The molecule has 2 fully saturated rings. The van der Waals surface area contributed by atoms with E-state index < -0.39 is 5.91 Å². The van der Waals surface area contributed by atoms with Crippen molar-refractivity contribution in [2.45, 2.75) is 50.4 Å². The van der Waals surface area contributed by atoms with Gasteiger partial charge in [-0.15, -0.1) is 0 Å². The third kappa shape index (κ3) is 3.54. The van der Waals surface area contributed by atoms with Gasteiger partial charge in [-0.25, -0.2) is 0 Å². The van der Waals surface area contributed by atoms with Gasteiger partial charge in [0.2, 0.25) is 5.91 Å². The quantitative estimate of drug-likeness (QED) is 0.911. The van der Waals surface area contributed by atoms with Gasteiger partial charge in [-0.1, -0.05) is 30.3 Å². The number of fused-ring (bicyclic) bond motifs is 2. The van der Waals surface area contributed by atoms with Crippen LogP contribution in [-0.2, 0) is 6.54 Å². The summed E-state index contributed by atoms with van der Waals surface area (Å²) in [6.45, 7) is 1.04. The van der Waals surface area contributed by atoms with Crippen molar-refractivity contribution in [3.8, 4) is 5.75 Å². The fraction of sp³-hybridized carbons (Fsp3) is 0.381. The molecule has 0 spiro atoms. The maximum atomic E-state index is 11.2. The zero-order chi connectivity index (χ0) is 17.2. The maximum Gasteiger partial charge on any atom is 0.248 e. The molecule has 25 heavy (non-hydrogen) atoms. The molecule has 2 aromatic carbocycles. The highest BCUT2D eigenvalue weighted by atomic mass is 16.5. The maximum absolute atomic E-state index is 11.2. The van der Waals surface area contributed by atoms with Crippen molar-refractivity contribution in [3.63, 3.8) is 0 Å². The summed E-state index contributed by atoms with van der Waals surface area (Å²) in [6, 6.07) is 19.1. The summed E-state index contributed by atoms with van der Waals surface area (Å²) in [7, 11) is 0. The van der Waals surface area contributed by atoms with E-state index in [1.54, 1.807) is 12.1 Å². The Kier molecular flexibility index (Phi) is 4.45. The lowest BCUT2D eigenvalue weighted by Crippen LogP contribution is -2.45. The number of carbonyl (C=O) groups excluding carboxylic acids is 1. The summed E-state index contributed by atoms with van der Waals surface area (Å²) in [5.74, 6) is 0.421. The third-order valence-corrected chi connectivity index (χ3v) is 5.49. The van der Waals surface area contributed by atoms with E-state index in [1.807, 2.05) is 12.1 Å². The molecule has 2 heterocycles. The van der Waals surface area contributed by atoms with Crippen molar-refractivity contribution >= 4 is 5.91 Å². The lowest BCUT2D eigenvalue weighted by Gasteiger charge is -2.39. The van der Waals surface area contributed by atoms with E-state index in [0.29, 0.717) is 17.6 Å². The Morgan fingerprint density at radius 2 is 1.64 bits per heavy atom. The van der Waals surface area contributed by atoms with Crippen molar-refractivity contribution in [2.24, 2.45) is 5.73 Å². The van der Waals surface area contributed by atoms with Gasteiger partial charge in [0.1, 0.15) is 11.9 Å². The average Bonchev–Trinajstić information content (AvgIpc) is 2.86. The zero-order valence-corrected chi connectivity index (χ0v) is 14.3. The second-order valence-electron chi connectivity index (χ2n) is 7.14. The highest BCUT2D eigenvalue weighted by Crippen LogP contribution is 2.38. The average molecular weight is 336 g/mol. The zero-order valence-electron chi connectivity index (χ0n) is 14.3. The van der Waals surface area contributed by atoms with Crippen molar-refractivity contribution < 1.29 is 9.53 Å². The van der Waals surface area contributed by atoms with Crippen LogP contribution >= 0.6 is 0 Å². The predicted molar refractivity (Wildman–Crippen MR) is 97.4 cm³/mol. The Morgan fingerprint density at radius 3 is 2.24 bits per heavy atom. The normalized spacial score (nSPS) is 25.7. The second-order valence-corrected chi connectivity index (χ2v) is 7.14. The minimum Gasteiger partial charge on any atom is -0.490 e. The van der Waals surface area contributed by atoms with Crippen LogP contribution in [0.25, 0.3) is 0 Å². The van der Waals surface area contributed by atoms with Crippen LogP contribution < -0.4 is 10.5 Å². The molecule has 2 aromatic rings. The molecule has 0 aromatic heterocycles.